The van der Waals surface area contributed by atoms with Crippen LogP contribution in [0.15, 0.2) is 0 Å². The fourth-order valence-corrected chi connectivity index (χ4v) is 7.24. The van der Waals surface area contributed by atoms with Gasteiger partial charge < -0.3 is 5.73 Å². The largest absolute Gasteiger partial charge is 0.330 e. The van der Waals surface area contributed by atoms with E-state index in [4.69, 9.17) is 5.73 Å². The maximum absolute atomic E-state index is 6.04. The third kappa shape index (κ3) is 2.28. The van der Waals surface area contributed by atoms with Crippen LogP contribution in [0, 0.1) is 29.1 Å². The molecule has 120 valence electrons. The first-order valence-electron chi connectivity index (χ1n) is 9.53. The standard InChI is InChI=1S/C19H34N2/c1-13(21(2)18-5-3-4-17(18)12-20)19-9-14-6-15(10-19)8-16(7-14)11-19/h13-18H,3-12,20H2,1-2H3. The minimum Gasteiger partial charge on any atom is -0.330 e. The van der Waals surface area contributed by atoms with Crippen molar-refractivity contribution in [1.29, 1.82) is 0 Å². The molecule has 5 aliphatic carbocycles. The fraction of sp³-hybridized carbons (Fsp3) is 1.00. The molecule has 2 heteroatoms. The van der Waals surface area contributed by atoms with Gasteiger partial charge in [-0.1, -0.05) is 6.42 Å². The van der Waals surface area contributed by atoms with Gasteiger partial charge in [0, 0.05) is 12.1 Å². The van der Waals surface area contributed by atoms with Crippen molar-refractivity contribution in [1.82, 2.24) is 4.90 Å². The fourth-order valence-electron chi connectivity index (χ4n) is 7.24. The Balaban J connectivity index is 1.52. The molecule has 0 saturated heterocycles. The molecule has 0 aromatic rings. The second kappa shape index (κ2) is 5.23. The molecule has 0 radical (unpaired) electrons. The molecule has 0 spiro atoms. The lowest BCUT2D eigenvalue weighted by atomic mass is 9.47. The molecule has 0 aromatic heterocycles. The zero-order valence-electron chi connectivity index (χ0n) is 14.1. The quantitative estimate of drug-likeness (QED) is 0.856. The van der Waals surface area contributed by atoms with Crippen LogP contribution in [-0.4, -0.2) is 30.6 Å². The highest BCUT2D eigenvalue weighted by atomic mass is 15.2. The predicted octanol–water partition coefficient (Wildman–Crippen LogP) is 3.65. The van der Waals surface area contributed by atoms with Gasteiger partial charge in [-0.3, -0.25) is 4.90 Å². The van der Waals surface area contributed by atoms with Gasteiger partial charge in [0.25, 0.3) is 0 Å². The van der Waals surface area contributed by atoms with Crippen LogP contribution in [0.2, 0.25) is 0 Å². The van der Waals surface area contributed by atoms with Gasteiger partial charge in [-0.15, -0.1) is 0 Å². The van der Waals surface area contributed by atoms with Crippen LogP contribution in [0.25, 0.3) is 0 Å². The molecule has 5 aliphatic rings. The van der Waals surface area contributed by atoms with E-state index < -0.39 is 0 Å². The summed E-state index contributed by atoms with van der Waals surface area (Å²) >= 11 is 0. The lowest BCUT2D eigenvalue weighted by Crippen LogP contribution is -2.57. The van der Waals surface area contributed by atoms with Crippen LogP contribution in [0.3, 0.4) is 0 Å². The zero-order chi connectivity index (χ0) is 14.6. The first-order valence-corrected chi connectivity index (χ1v) is 9.53. The molecule has 3 unspecified atom stereocenters. The number of hydrogen-bond donors (Lipinski definition) is 1. The summed E-state index contributed by atoms with van der Waals surface area (Å²) in [4.78, 5) is 2.78. The molecule has 4 bridgehead atoms. The van der Waals surface area contributed by atoms with Gasteiger partial charge in [0.2, 0.25) is 0 Å². The predicted molar refractivity (Wildman–Crippen MR) is 88.0 cm³/mol. The highest BCUT2D eigenvalue weighted by Gasteiger charge is 2.54. The molecule has 0 heterocycles. The van der Waals surface area contributed by atoms with Crippen molar-refractivity contribution < 1.29 is 0 Å². The van der Waals surface area contributed by atoms with E-state index in [0.717, 1.165) is 42.3 Å². The monoisotopic (exact) mass is 290 g/mol. The van der Waals surface area contributed by atoms with Gasteiger partial charge in [-0.25, -0.2) is 0 Å². The summed E-state index contributed by atoms with van der Waals surface area (Å²) in [6.45, 7) is 3.45. The third-order valence-corrected chi connectivity index (χ3v) is 8.03. The Hall–Kier alpha value is -0.0800. The second-order valence-electron chi connectivity index (χ2n) is 9.12. The summed E-state index contributed by atoms with van der Waals surface area (Å²) in [5.41, 5.74) is 6.70. The van der Waals surface area contributed by atoms with Crippen molar-refractivity contribution in [3.63, 3.8) is 0 Å². The molecule has 21 heavy (non-hydrogen) atoms. The zero-order valence-corrected chi connectivity index (χ0v) is 14.1. The van der Waals surface area contributed by atoms with Crippen LogP contribution in [0.1, 0.15) is 64.7 Å². The topological polar surface area (TPSA) is 29.3 Å². The second-order valence-corrected chi connectivity index (χ2v) is 9.12. The molecule has 0 amide bonds. The molecular formula is C19H34N2. The van der Waals surface area contributed by atoms with Crippen LogP contribution >= 0.6 is 0 Å². The first-order chi connectivity index (χ1) is 10.1. The van der Waals surface area contributed by atoms with Crippen LogP contribution in [0.4, 0.5) is 0 Å². The van der Waals surface area contributed by atoms with E-state index in [1.54, 1.807) is 19.3 Å². The van der Waals surface area contributed by atoms with Crippen LogP contribution in [0.5, 0.6) is 0 Å². The van der Waals surface area contributed by atoms with E-state index in [9.17, 15) is 0 Å². The molecule has 5 rings (SSSR count). The summed E-state index contributed by atoms with van der Waals surface area (Å²) in [5, 5.41) is 0. The highest BCUT2D eigenvalue weighted by Crippen LogP contribution is 2.62. The van der Waals surface area contributed by atoms with Gasteiger partial charge in [0.15, 0.2) is 0 Å². The summed E-state index contributed by atoms with van der Waals surface area (Å²) in [7, 11) is 2.42. The molecule has 0 aliphatic heterocycles. The van der Waals surface area contributed by atoms with E-state index in [1.165, 1.54) is 38.5 Å². The SMILES string of the molecule is CC(N(C)C1CCCC1CN)C12CC3CC(CC(C3)C1)C2. The number of nitrogens with two attached hydrogens (primary N) is 1. The Morgan fingerprint density at radius 1 is 1.05 bits per heavy atom. The number of nitrogens with zero attached hydrogens (tertiary/aromatic N) is 1. The Morgan fingerprint density at radius 3 is 2.14 bits per heavy atom. The van der Waals surface area contributed by atoms with E-state index in [-0.39, 0.29) is 0 Å². The molecular weight excluding hydrogens is 256 g/mol. The van der Waals surface area contributed by atoms with Gasteiger partial charge in [-0.2, -0.15) is 0 Å². The normalized spacial score (nSPS) is 50.0. The molecule has 2 nitrogen and oxygen atoms in total. The van der Waals surface area contributed by atoms with E-state index >= 15 is 0 Å². The Kier molecular flexibility index (Phi) is 3.61. The molecule has 0 aromatic carbocycles. The van der Waals surface area contributed by atoms with E-state index in [0.29, 0.717) is 5.41 Å². The Bertz CT molecular complexity index is 356. The van der Waals surface area contributed by atoms with Gasteiger partial charge in [0.1, 0.15) is 0 Å². The van der Waals surface area contributed by atoms with Gasteiger partial charge in [-0.05, 0) is 101 Å². The third-order valence-electron chi connectivity index (χ3n) is 8.03. The van der Waals surface area contributed by atoms with Crippen molar-refractivity contribution >= 4 is 0 Å². The lowest BCUT2D eigenvalue weighted by Gasteiger charge is -2.61. The molecule has 2 N–H and O–H groups in total. The summed E-state index contributed by atoms with van der Waals surface area (Å²) in [5.74, 6) is 3.97. The average molecular weight is 290 g/mol. The first kappa shape index (κ1) is 14.5. The van der Waals surface area contributed by atoms with Crippen molar-refractivity contribution in [2.45, 2.75) is 76.8 Å². The van der Waals surface area contributed by atoms with Crippen LogP contribution < -0.4 is 5.73 Å². The maximum Gasteiger partial charge on any atom is 0.0136 e. The van der Waals surface area contributed by atoms with Gasteiger partial charge >= 0.3 is 0 Å². The minimum atomic E-state index is 0.658. The van der Waals surface area contributed by atoms with Crippen molar-refractivity contribution in [3.8, 4) is 0 Å². The average Bonchev–Trinajstić information content (AvgIpc) is 2.92. The maximum atomic E-state index is 6.04. The summed E-state index contributed by atoms with van der Waals surface area (Å²) in [6.07, 6.45) is 13.4. The van der Waals surface area contributed by atoms with Crippen molar-refractivity contribution in [2.24, 2.45) is 34.8 Å². The minimum absolute atomic E-state index is 0.658. The van der Waals surface area contributed by atoms with Gasteiger partial charge in [0.05, 0.1) is 0 Å². The van der Waals surface area contributed by atoms with Crippen LogP contribution in [-0.2, 0) is 0 Å². The highest BCUT2D eigenvalue weighted by molar-refractivity contribution is 5.06. The summed E-state index contributed by atoms with van der Waals surface area (Å²) in [6, 6.07) is 1.53. The molecule has 5 saturated carbocycles. The smallest absolute Gasteiger partial charge is 0.0136 e. The summed E-state index contributed by atoms with van der Waals surface area (Å²) < 4.78 is 0. The number of hydrogen-bond acceptors (Lipinski definition) is 2. The molecule has 5 fully saturated rings. The van der Waals surface area contributed by atoms with E-state index in [2.05, 4.69) is 18.9 Å². The van der Waals surface area contributed by atoms with Crippen molar-refractivity contribution in [3.05, 3.63) is 0 Å². The molecule has 3 atom stereocenters. The lowest BCUT2D eigenvalue weighted by molar-refractivity contribution is -0.101. The Morgan fingerprint density at radius 2 is 1.62 bits per heavy atom. The number of rotatable bonds is 4. The van der Waals surface area contributed by atoms with E-state index in [1.807, 2.05) is 0 Å². The van der Waals surface area contributed by atoms with Crippen molar-refractivity contribution in [2.75, 3.05) is 13.6 Å². The Labute approximate surface area is 130 Å².